The van der Waals surface area contributed by atoms with Crippen molar-refractivity contribution < 1.29 is 27.8 Å². The molecule has 1 aromatic heterocycles. The zero-order chi connectivity index (χ0) is 29.9. The number of alkyl halides is 2. The number of hydrogen-bond acceptors (Lipinski definition) is 7. The summed E-state index contributed by atoms with van der Waals surface area (Å²) in [6.45, 7) is 9.22. The van der Waals surface area contributed by atoms with Crippen LogP contribution in [0.2, 0.25) is 0 Å². The lowest BCUT2D eigenvalue weighted by atomic mass is 10.1. The minimum absolute atomic E-state index is 0.0636. The zero-order valence-electron chi connectivity index (χ0n) is 22.4. The van der Waals surface area contributed by atoms with E-state index in [0.29, 0.717) is 46.1 Å². The maximum absolute atomic E-state index is 13.4. The Morgan fingerprint density at radius 3 is 2.40 bits per heavy atom. The number of anilines is 3. The highest BCUT2D eigenvalue weighted by molar-refractivity contribution is 6.06. The Balaban J connectivity index is 1.22. The molecule has 1 aliphatic heterocycles. The highest BCUT2D eigenvalue weighted by Gasteiger charge is 2.43. The average Bonchev–Trinajstić information content (AvgIpc) is 3.28. The van der Waals surface area contributed by atoms with Gasteiger partial charge in [0.1, 0.15) is 5.82 Å². The molecule has 0 spiro atoms. The van der Waals surface area contributed by atoms with Crippen molar-refractivity contribution in [3.63, 3.8) is 0 Å². The van der Waals surface area contributed by atoms with Crippen LogP contribution >= 0.6 is 0 Å². The highest BCUT2D eigenvalue weighted by atomic mass is 19.3. The van der Waals surface area contributed by atoms with Gasteiger partial charge < -0.3 is 25.4 Å². The summed E-state index contributed by atoms with van der Waals surface area (Å²) in [6, 6.07) is 16.9. The smallest absolute Gasteiger partial charge is 0.395 e. The van der Waals surface area contributed by atoms with Crippen LogP contribution in [0.15, 0.2) is 92.3 Å². The summed E-state index contributed by atoms with van der Waals surface area (Å²) >= 11 is 0. The van der Waals surface area contributed by atoms with Crippen molar-refractivity contribution in [3.8, 4) is 11.5 Å². The Bertz CT molecular complexity index is 1710. The molecule has 5 rings (SSSR count). The second kappa shape index (κ2) is 11.5. The van der Waals surface area contributed by atoms with Crippen molar-refractivity contribution in [2.75, 3.05) is 16.0 Å². The van der Waals surface area contributed by atoms with Gasteiger partial charge in [0, 0.05) is 34.6 Å². The van der Waals surface area contributed by atoms with E-state index in [1.165, 1.54) is 30.6 Å². The molecular weight excluding hydrogens is 544 g/mol. The van der Waals surface area contributed by atoms with Gasteiger partial charge in [-0.15, -0.1) is 8.78 Å². The zero-order valence-corrected chi connectivity index (χ0v) is 22.4. The van der Waals surface area contributed by atoms with Crippen LogP contribution in [0.3, 0.4) is 0 Å². The van der Waals surface area contributed by atoms with E-state index in [4.69, 9.17) is 0 Å². The molecule has 4 aromatic rings. The number of nitrogens with zero attached hydrogens (tertiary/aromatic N) is 2. The fraction of sp³-hybridized carbons (Fsp3) is 0.0968. The van der Waals surface area contributed by atoms with E-state index in [0.717, 1.165) is 11.1 Å². The first kappa shape index (κ1) is 28.0. The van der Waals surface area contributed by atoms with E-state index in [-0.39, 0.29) is 23.3 Å². The molecule has 11 heteroatoms. The minimum Gasteiger partial charge on any atom is -0.395 e. The first-order valence-corrected chi connectivity index (χ1v) is 12.7. The predicted octanol–water partition coefficient (Wildman–Crippen LogP) is 6.16. The number of benzene rings is 3. The van der Waals surface area contributed by atoms with Gasteiger partial charge >= 0.3 is 6.29 Å². The second-order valence-corrected chi connectivity index (χ2v) is 9.37. The first-order valence-electron chi connectivity index (χ1n) is 12.7. The molecule has 1 aliphatic rings. The number of carbonyl (C=O) groups is 2. The van der Waals surface area contributed by atoms with Gasteiger partial charge in [-0.3, -0.25) is 9.59 Å². The molecule has 0 saturated carbocycles. The number of aryl methyl sites for hydroxylation is 1. The number of carbonyl (C=O) groups excluding carboxylic acids is 2. The Kier molecular flexibility index (Phi) is 7.65. The summed E-state index contributed by atoms with van der Waals surface area (Å²) in [5, 5.41) is 8.61. The number of hydrogen-bond donors (Lipinski definition) is 3. The second-order valence-electron chi connectivity index (χ2n) is 9.37. The van der Waals surface area contributed by atoms with Crippen LogP contribution in [-0.4, -0.2) is 28.1 Å². The standard InChI is InChI=1S/C31H25F2N5O4/c1-4-29(39)37-22-7-5-6-20(12-22)13-28-34-16-24(17-35-28)38-30(40)25-15-23(10-8-18(25)2)36-19(3)21-9-11-26-27(14-21)42-31(32,33)41-26/h4-12,14-17,36H,1,3,13H2,2H3,(H,37,39)(H,38,40). The average molecular weight is 570 g/mol. The van der Waals surface area contributed by atoms with Crippen molar-refractivity contribution >= 4 is 34.6 Å². The molecule has 2 amide bonds. The maximum atomic E-state index is 13.4. The molecule has 0 bridgehead atoms. The van der Waals surface area contributed by atoms with Crippen LogP contribution < -0.4 is 25.4 Å². The van der Waals surface area contributed by atoms with Gasteiger partial charge in [-0.25, -0.2) is 9.97 Å². The fourth-order valence-corrected chi connectivity index (χ4v) is 4.17. The summed E-state index contributed by atoms with van der Waals surface area (Å²) in [4.78, 5) is 33.4. The molecular formula is C31H25F2N5O4. The largest absolute Gasteiger partial charge is 0.586 e. The number of halogens is 2. The molecule has 42 heavy (non-hydrogen) atoms. The summed E-state index contributed by atoms with van der Waals surface area (Å²) in [7, 11) is 0. The van der Waals surface area contributed by atoms with Crippen molar-refractivity contribution in [2.24, 2.45) is 0 Å². The summed E-state index contributed by atoms with van der Waals surface area (Å²) < 4.78 is 35.7. The molecule has 212 valence electrons. The summed E-state index contributed by atoms with van der Waals surface area (Å²) in [5.41, 5.74) is 4.56. The van der Waals surface area contributed by atoms with E-state index < -0.39 is 6.29 Å². The molecule has 3 aromatic carbocycles. The molecule has 0 atom stereocenters. The van der Waals surface area contributed by atoms with Gasteiger partial charge in [-0.1, -0.05) is 31.4 Å². The van der Waals surface area contributed by atoms with Gasteiger partial charge in [0.2, 0.25) is 5.91 Å². The molecule has 3 N–H and O–H groups in total. The van der Waals surface area contributed by atoms with Crippen molar-refractivity contribution in [1.82, 2.24) is 9.97 Å². The number of nitrogens with one attached hydrogen (secondary N) is 3. The van der Waals surface area contributed by atoms with Crippen LogP contribution in [0.1, 0.15) is 32.9 Å². The predicted molar refractivity (Wildman–Crippen MR) is 155 cm³/mol. The van der Waals surface area contributed by atoms with Gasteiger partial charge in [-0.05, 0) is 66.6 Å². The quantitative estimate of drug-likeness (QED) is 0.207. The number of amides is 2. The van der Waals surface area contributed by atoms with E-state index >= 15 is 0 Å². The first-order chi connectivity index (χ1) is 20.1. The SMILES string of the molecule is C=CC(=O)Nc1cccc(Cc2ncc(NC(=O)c3cc(NC(=C)c4ccc5c(c4)OC(F)(F)O5)ccc3C)cn2)c1. The van der Waals surface area contributed by atoms with E-state index in [2.05, 4.69) is 48.5 Å². The molecule has 0 unspecified atom stereocenters. The van der Waals surface area contributed by atoms with Gasteiger partial charge in [0.25, 0.3) is 5.91 Å². The molecule has 0 fully saturated rings. The maximum Gasteiger partial charge on any atom is 0.586 e. The minimum atomic E-state index is -3.71. The number of rotatable bonds is 9. The van der Waals surface area contributed by atoms with E-state index in [1.807, 2.05) is 18.2 Å². The molecule has 2 heterocycles. The molecule has 9 nitrogen and oxygen atoms in total. The van der Waals surface area contributed by atoms with Crippen LogP contribution in [-0.2, 0) is 11.2 Å². The lowest BCUT2D eigenvalue weighted by molar-refractivity contribution is -0.286. The number of ether oxygens (including phenoxy) is 2. The Labute approximate surface area is 239 Å². The lowest BCUT2D eigenvalue weighted by Gasteiger charge is -2.13. The molecule has 0 aliphatic carbocycles. The molecule has 0 radical (unpaired) electrons. The van der Waals surface area contributed by atoms with Crippen LogP contribution in [0.25, 0.3) is 5.70 Å². The summed E-state index contributed by atoms with van der Waals surface area (Å²) in [5.74, 6) is -0.290. The fourth-order valence-electron chi connectivity index (χ4n) is 4.17. The van der Waals surface area contributed by atoms with Crippen LogP contribution in [0.4, 0.5) is 25.8 Å². The van der Waals surface area contributed by atoms with Crippen molar-refractivity contribution in [3.05, 3.63) is 120 Å². The van der Waals surface area contributed by atoms with Crippen LogP contribution in [0.5, 0.6) is 11.5 Å². The number of aromatic nitrogens is 2. The topological polar surface area (TPSA) is 114 Å². The summed E-state index contributed by atoms with van der Waals surface area (Å²) in [6.07, 6.45) is 0.951. The van der Waals surface area contributed by atoms with Crippen LogP contribution in [0, 0.1) is 6.92 Å². The molecule has 0 saturated heterocycles. The number of fused-ring (bicyclic) bond motifs is 1. The normalized spacial score (nSPS) is 12.7. The Morgan fingerprint density at radius 2 is 1.64 bits per heavy atom. The van der Waals surface area contributed by atoms with Gasteiger partial charge in [0.05, 0.1) is 18.1 Å². The third-order valence-corrected chi connectivity index (χ3v) is 6.23. The third-order valence-electron chi connectivity index (χ3n) is 6.23. The Hall–Kier alpha value is -5.58. The van der Waals surface area contributed by atoms with E-state index in [1.54, 1.807) is 37.3 Å². The van der Waals surface area contributed by atoms with Crippen molar-refractivity contribution in [1.29, 1.82) is 0 Å². The van der Waals surface area contributed by atoms with E-state index in [9.17, 15) is 18.4 Å². The van der Waals surface area contributed by atoms with Crippen molar-refractivity contribution in [2.45, 2.75) is 19.6 Å². The monoisotopic (exact) mass is 569 g/mol. The third kappa shape index (κ3) is 6.58. The van der Waals surface area contributed by atoms with Gasteiger partial charge in [-0.2, -0.15) is 0 Å². The highest BCUT2D eigenvalue weighted by Crippen LogP contribution is 2.42. The van der Waals surface area contributed by atoms with Gasteiger partial charge in [0.15, 0.2) is 11.5 Å². The Morgan fingerprint density at radius 1 is 0.905 bits per heavy atom. The lowest BCUT2D eigenvalue weighted by Crippen LogP contribution is -2.25.